The van der Waals surface area contributed by atoms with Crippen molar-refractivity contribution >= 4 is 0 Å². The maximum absolute atomic E-state index is 5.19. The minimum atomic E-state index is 0.593. The first-order valence-electron chi connectivity index (χ1n) is 3.01. The van der Waals surface area contributed by atoms with Crippen LogP contribution in [0.25, 0.3) is 0 Å². The zero-order valence-electron chi connectivity index (χ0n) is 4.68. The molecule has 2 unspecified atom stereocenters. The van der Waals surface area contributed by atoms with Crippen molar-refractivity contribution < 1.29 is 4.74 Å². The maximum atomic E-state index is 5.19. The Morgan fingerprint density at radius 2 is 1.75 bits per heavy atom. The second-order valence-corrected chi connectivity index (χ2v) is 2.34. The average molecular weight is 114 g/mol. The number of hydrogen-bond donors (Lipinski definition) is 2. The highest BCUT2D eigenvalue weighted by Gasteiger charge is 2.31. The number of hydrogen-bond acceptors (Lipinski definition) is 3. The fourth-order valence-electron chi connectivity index (χ4n) is 1.28. The molecule has 0 spiro atoms. The zero-order valence-corrected chi connectivity index (χ0v) is 4.68. The van der Waals surface area contributed by atoms with E-state index in [0.717, 1.165) is 19.9 Å². The molecule has 2 atom stereocenters. The predicted molar refractivity (Wildman–Crippen MR) is 29.5 cm³/mol. The molecule has 0 aromatic heterocycles. The van der Waals surface area contributed by atoms with E-state index in [-0.39, 0.29) is 0 Å². The normalized spacial score (nSPS) is 45.0. The van der Waals surface area contributed by atoms with Crippen molar-refractivity contribution in [2.75, 3.05) is 19.9 Å². The smallest absolute Gasteiger partial charge is 0.0636 e. The van der Waals surface area contributed by atoms with Crippen LogP contribution in [-0.2, 0) is 4.74 Å². The van der Waals surface area contributed by atoms with Crippen LogP contribution >= 0.6 is 0 Å². The molecule has 2 rings (SSSR count). The average Bonchev–Trinajstić information content (AvgIpc) is 2.15. The molecule has 2 fully saturated rings. The lowest BCUT2D eigenvalue weighted by molar-refractivity contribution is 0.180. The van der Waals surface area contributed by atoms with Crippen molar-refractivity contribution in [1.29, 1.82) is 0 Å². The van der Waals surface area contributed by atoms with Gasteiger partial charge < -0.3 is 4.74 Å². The maximum Gasteiger partial charge on any atom is 0.0636 e. The van der Waals surface area contributed by atoms with E-state index >= 15 is 0 Å². The van der Waals surface area contributed by atoms with Crippen LogP contribution in [0.5, 0.6) is 0 Å². The summed E-state index contributed by atoms with van der Waals surface area (Å²) in [6, 6.07) is 1.19. The molecule has 3 heteroatoms. The van der Waals surface area contributed by atoms with Crippen molar-refractivity contribution in [1.82, 2.24) is 10.6 Å². The molecule has 0 amide bonds. The first-order chi connectivity index (χ1) is 3.97. The van der Waals surface area contributed by atoms with Gasteiger partial charge in [-0.25, -0.2) is 0 Å². The molecule has 0 bridgehead atoms. The number of fused-ring (bicyclic) bond motifs is 1. The fourth-order valence-corrected chi connectivity index (χ4v) is 1.28. The Kier molecular flexibility index (Phi) is 0.997. The summed E-state index contributed by atoms with van der Waals surface area (Å²) in [7, 11) is 0. The van der Waals surface area contributed by atoms with Crippen molar-refractivity contribution in [3.63, 3.8) is 0 Å². The summed E-state index contributed by atoms with van der Waals surface area (Å²) in [4.78, 5) is 0. The van der Waals surface area contributed by atoms with E-state index in [1.54, 1.807) is 0 Å². The molecule has 3 nitrogen and oxygen atoms in total. The summed E-state index contributed by atoms with van der Waals surface area (Å²) < 4.78 is 5.19. The summed E-state index contributed by atoms with van der Waals surface area (Å²) in [5, 5.41) is 6.56. The second-order valence-electron chi connectivity index (χ2n) is 2.34. The van der Waals surface area contributed by atoms with Crippen molar-refractivity contribution in [3.05, 3.63) is 0 Å². The Hall–Kier alpha value is -0.120. The fraction of sp³-hybridized carbons (Fsp3) is 1.00. The van der Waals surface area contributed by atoms with Crippen LogP contribution in [0.15, 0.2) is 0 Å². The molecule has 0 aliphatic carbocycles. The van der Waals surface area contributed by atoms with E-state index < -0.39 is 0 Å². The summed E-state index contributed by atoms with van der Waals surface area (Å²) in [6.45, 7) is 2.73. The highest BCUT2D eigenvalue weighted by atomic mass is 16.5. The molecule has 8 heavy (non-hydrogen) atoms. The van der Waals surface area contributed by atoms with Crippen LogP contribution in [0.3, 0.4) is 0 Å². The summed E-state index contributed by atoms with van der Waals surface area (Å²) in [5.41, 5.74) is 0. The quantitative estimate of drug-likeness (QED) is 0.419. The van der Waals surface area contributed by atoms with Crippen LogP contribution in [0.1, 0.15) is 0 Å². The number of rotatable bonds is 0. The summed E-state index contributed by atoms with van der Waals surface area (Å²) in [6.07, 6.45) is 0. The van der Waals surface area contributed by atoms with Crippen molar-refractivity contribution in [3.8, 4) is 0 Å². The first kappa shape index (κ1) is 4.73. The molecule has 0 radical (unpaired) electrons. The van der Waals surface area contributed by atoms with Crippen LogP contribution in [0, 0.1) is 0 Å². The van der Waals surface area contributed by atoms with Crippen LogP contribution in [-0.4, -0.2) is 32.0 Å². The molecular formula is C5H10N2O. The summed E-state index contributed by atoms with van der Waals surface area (Å²) >= 11 is 0. The van der Waals surface area contributed by atoms with Gasteiger partial charge in [0.15, 0.2) is 0 Å². The molecule has 2 aliphatic heterocycles. The van der Waals surface area contributed by atoms with Gasteiger partial charge in [-0.05, 0) is 0 Å². The van der Waals surface area contributed by atoms with Crippen LogP contribution < -0.4 is 10.6 Å². The minimum absolute atomic E-state index is 0.593. The van der Waals surface area contributed by atoms with E-state index in [1.807, 2.05) is 0 Å². The second kappa shape index (κ2) is 1.69. The van der Waals surface area contributed by atoms with Gasteiger partial charge in [-0.2, -0.15) is 0 Å². The van der Waals surface area contributed by atoms with E-state index in [9.17, 15) is 0 Å². The third-order valence-electron chi connectivity index (χ3n) is 1.81. The molecule has 0 saturated carbocycles. The molecule has 2 aliphatic rings. The molecule has 0 aromatic carbocycles. The lowest BCUT2D eigenvalue weighted by Gasteiger charge is -2.01. The Balaban J connectivity index is 2.04. The first-order valence-corrected chi connectivity index (χ1v) is 3.01. The molecule has 0 aromatic rings. The lowest BCUT2D eigenvalue weighted by atomic mass is 10.2. The highest BCUT2D eigenvalue weighted by Crippen LogP contribution is 2.07. The molecule has 2 N–H and O–H groups in total. The van der Waals surface area contributed by atoms with Crippen LogP contribution in [0.2, 0.25) is 0 Å². The van der Waals surface area contributed by atoms with Gasteiger partial charge in [0.1, 0.15) is 0 Å². The summed E-state index contributed by atoms with van der Waals surface area (Å²) in [5.74, 6) is 0. The topological polar surface area (TPSA) is 33.3 Å². The van der Waals surface area contributed by atoms with Gasteiger partial charge in [0, 0.05) is 18.8 Å². The Labute approximate surface area is 48.4 Å². The van der Waals surface area contributed by atoms with E-state index in [4.69, 9.17) is 4.74 Å². The Bertz CT molecular complexity index is 76.4. The van der Waals surface area contributed by atoms with E-state index in [0.29, 0.717) is 12.1 Å². The highest BCUT2D eigenvalue weighted by molar-refractivity contribution is 4.91. The third-order valence-corrected chi connectivity index (χ3v) is 1.81. The van der Waals surface area contributed by atoms with Gasteiger partial charge >= 0.3 is 0 Å². The van der Waals surface area contributed by atoms with Gasteiger partial charge in [0.05, 0.1) is 13.2 Å². The van der Waals surface area contributed by atoms with Crippen molar-refractivity contribution in [2.45, 2.75) is 12.1 Å². The minimum Gasteiger partial charge on any atom is -0.378 e. The standard InChI is InChI=1S/C5H10N2O/c1-4-5(2-8-1)7-3-6-4/h4-7H,1-3H2. The van der Waals surface area contributed by atoms with Gasteiger partial charge in [-0.1, -0.05) is 0 Å². The lowest BCUT2D eigenvalue weighted by Crippen LogP contribution is -2.31. The third kappa shape index (κ3) is 0.555. The van der Waals surface area contributed by atoms with E-state index in [1.165, 1.54) is 0 Å². The van der Waals surface area contributed by atoms with Crippen molar-refractivity contribution in [2.24, 2.45) is 0 Å². The van der Waals surface area contributed by atoms with Gasteiger partial charge in [-0.3, -0.25) is 10.6 Å². The number of nitrogens with one attached hydrogen (secondary N) is 2. The Morgan fingerprint density at radius 3 is 2.38 bits per heavy atom. The van der Waals surface area contributed by atoms with Gasteiger partial charge in [-0.15, -0.1) is 0 Å². The molecule has 46 valence electrons. The zero-order chi connectivity index (χ0) is 5.40. The number of ether oxygens (including phenoxy) is 1. The molecule has 2 saturated heterocycles. The Morgan fingerprint density at radius 1 is 1.12 bits per heavy atom. The molecule has 2 heterocycles. The molecular weight excluding hydrogens is 104 g/mol. The monoisotopic (exact) mass is 114 g/mol. The van der Waals surface area contributed by atoms with Crippen LogP contribution in [0.4, 0.5) is 0 Å². The SMILES string of the molecule is C1NC2COCC2N1. The van der Waals surface area contributed by atoms with Gasteiger partial charge in [0.25, 0.3) is 0 Å². The predicted octanol–water partition coefficient (Wildman–Crippen LogP) is -1.10. The van der Waals surface area contributed by atoms with E-state index in [2.05, 4.69) is 10.6 Å². The van der Waals surface area contributed by atoms with Gasteiger partial charge in [0.2, 0.25) is 0 Å². The largest absolute Gasteiger partial charge is 0.378 e.